The van der Waals surface area contributed by atoms with Crippen molar-refractivity contribution in [1.29, 1.82) is 0 Å². The summed E-state index contributed by atoms with van der Waals surface area (Å²) < 4.78 is 0. The van der Waals surface area contributed by atoms with Gasteiger partial charge in [-0.1, -0.05) is 81.4 Å². The zero-order valence-electron chi connectivity index (χ0n) is 22.6. The molecule has 4 nitrogen and oxygen atoms in total. The molecule has 2 saturated carbocycles. The molecule has 0 radical (unpaired) electrons. The van der Waals surface area contributed by atoms with Crippen molar-refractivity contribution < 1.29 is 15.3 Å². The number of hydrogen-bond acceptors (Lipinski definition) is 4. The van der Waals surface area contributed by atoms with Crippen LogP contribution >= 0.6 is 0 Å². The minimum atomic E-state index is -1.03. The molecule has 0 aliphatic heterocycles. The summed E-state index contributed by atoms with van der Waals surface area (Å²) >= 11 is 0. The van der Waals surface area contributed by atoms with Crippen LogP contribution in [-0.2, 0) is 5.60 Å². The van der Waals surface area contributed by atoms with Crippen LogP contribution in [0.4, 0.5) is 0 Å². The van der Waals surface area contributed by atoms with Crippen LogP contribution in [0.1, 0.15) is 45.7 Å². The Bertz CT molecular complexity index is 1790. The van der Waals surface area contributed by atoms with Gasteiger partial charge in [0.1, 0.15) is 17.1 Å². The highest BCUT2D eigenvalue weighted by Gasteiger charge is 2.69. The highest BCUT2D eigenvalue weighted by atomic mass is 16.3. The number of aliphatic hydroxyl groups is 1. The molecule has 1 heterocycles. The van der Waals surface area contributed by atoms with E-state index < -0.39 is 5.60 Å². The fourth-order valence-corrected chi connectivity index (χ4v) is 7.79. The average molecular weight is 516 g/mol. The predicted molar refractivity (Wildman–Crippen MR) is 157 cm³/mol. The van der Waals surface area contributed by atoms with Crippen LogP contribution in [0.2, 0.25) is 0 Å². The van der Waals surface area contributed by atoms with Crippen molar-refractivity contribution in [2.75, 3.05) is 0 Å². The van der Waals surface area contributed by atoms with Gasteiger partial charge >= 0.3 is 0 Å². The number of pyridine rings is 1. The van der Waals surface area contributed by atoms with Crippen molar-refractivity contribution in [2.24, 2.45) is 16.7 Å². The standard InChI is InChI=1S/C35H33NO3/c1-33(2)23-17-18-34(33,3)35(39,20-23)29-14-8-13-27(36-29)26-19-22-10-5-7-12-25(22)31(32(26)38)30-24-11-6-4-9-21(24)15-16-28(30)37/h4-16,19,23,37-39H,17-18,20H2,1-3H3/t23-,34-,35+/m1/s1. The van der Waals surface area contributed by atoms with Gasteiger partial charge in [-0.2, -0.15) is 0 Å². The van der Waals surface area contributed by atoms with E-state index in [2.05, 4.69) is 20.8 Å². The molecule has 4 heteroatoms. The molecular weight excluding hydrogens is 482 g/mol. The zero-order valence-corrected chi connectivity index (χ0v) is 22.6. The lowest BCUT2D eigenvalue weighted by atomic mass is 9.63. The van der Waals surface area contributed by atoms with E-state index in [0.717, 1.165) is 34.4 Å². The van der Waals surface area contributed by atoms with Gasteiger partial charge in [0.15, 0.2) is 0 Å². The second kappa shape index (κ2) is 8.06. The molecule has 39 heavy (non-hydrogen) atoms. The summed E-state index contributed by atoms with van der Waals surface area (Å²) in [6.45, 7) is 6.78. The molecular formula is C35H33NO3. The van der Waals surface area contributed by atoms with Crippen molar-refractivity contribution >= 4 is 21.5 Å². The van der Waals surface area contributed by atoms with Gasteiger partial charge in [0.2, 0.25) is 0 Å². The number of benzene rings is 4. The molecule has 0 saturated heterocycles. The summed E-state index contributed by atoms with van der Waals surface area (Å²) in [4.78, 5) is 5.04. The highest BCUT2D eigenvalue weighted by molar-refractivity contribution is 6.11. The van der Waals surface area contributed by atoms with Gasteiger partial charge < -0.3 is 15.3 Å². The molecule has 2 bridgehead atoms. The van der Waals surface area contributed by atoms with Crippen LogP contribution in [0.5, 0.6) is 11.5 Å². The summed E-state index contributed by atoms with van der Waals surface area (Å²) in [5, 5.41) is 38.9. The van der Waals surface area contributed by atoms with E-state index in [0.29, 0.717) is 40.4 Å². The smallest absolute Gasteiger partial charge is 0.133 e. The first kappa shape index (κ1) is 24.2. The molecule has 7 rings (SSSR count). The van der Waals surface area contributed by atoms with Gasteiger partial charge in [-0.05, 0) is 76.4 Å². The van der Waals surface area contributed by atoms with Crippen molar-refractivity contribution in [1.82, 2.24) is 4.98 Å². The Morgan fingerprint density at radius 1 is 0.769 bits per heavy atom. The Labute approximate surface area is 228 Å². The Morgan fingerprint density at radius 2 is 1.46 bits per heavy atom. The molecule has 3 N–H and O–H groups in total. The number of rotatable bonds is 3. The normalized spacial score (nSPS) is 25.5. The number of hydrogen-bond donors (Lipinski definition) is 3. The molecule has 3 atom stereocenters. The Hall–Kier alpha value is -3.89. The number of phenols is 2. The minimum Gasteiger partial charge on any atom is -0.507 e. The molecule has 0 amide bonds. The number of nitrogens with zero attached hydrogens (tertiary/aromatic N) is 1. The first-order valence-electron chi connectivity index (χ1n) is 13.8. The first-order chi connectivity index (χ1) is 18.7. The lowest BCUT2D eigenvalue weighted by molar-refractivity contribution is -0.0987. The molecule has 5 aromatic rings. The molecule has 2 aliphatic carbocycles. The fourth-order valence-electron chi connectivity index (χ4n) is 7.79. The average Bonchev–Trinajstić information content (AvgIpc) is 3.26. The van der Waals surface area contributed by atoms with E-state index in [1.165, 1.54) is 0 Å². The third kappa shape index (κ3) is 3.12. The second-order valence-electron chi connectivity index (χ2n) is 12.3. The second-order valence-corrected chi connectivity index (χ2v) is 12.3. The molecule has 2 aliphatic rings. The van der Waals surface area contributed by atoms with Gasteiger partial charge in [0, 0.05) is 22.1 Å². The summed E-state index contributed by atoms with van der Waals surface area (Å²) in [7, 11) is 0. The summed E-state index contributed by atoms with van der Waals surface area (Å²) in [6.07, 6.45) is 2.80. The van der Waals surface area contributed by atoms with Crippen LogP contribution in [0.3, 0.4) is 0 Å². The molecule has 1 aromatic heterocycles. The molecule has 2 fully saturated rings. The minimum absolute atomic E-state index is 0.0174. The zero-order chi connectivity index (χ0) is 27.2. The Balaban J connectivity index is 1.47. The predicted octanol–water partition coefficient (Wildman–Crippen LogP) is 8.17. The monoisotopic (exact) mass is 515 g/mol. The number of fused-ring (bicyclic) bond motifs is 4. The largest absolute Gasteiger partial charge is 0.507 e. The van der Waals surface area contributed by atoms with Crippen molar-refractivity contribution in [3.05, 3.63) is 90.6 Å². The van der Waals surface area contributed by atoms with Crippen molar-refractivity contribution in [2.45, 2.75) is 45.6 Å². The van der Waals surface area contributed by atoms with E-state index >= 15 is 0 Å². The van der Waals surface area contributed by atoms with Crippen LogP contribution in [-0.4, -0.2) is 20.3 Å². The quantitative estimate of drug-likeness (QED) is 0.227. The molecule has 0 unspecified atom stereocenters. The van der Waals surface area contributed by atoms with E-state index in [9.17, 15) is 15.3 Å². The fraction of sp³-hybridized carbons (Fsp3) is 0.286. The van der Waals surface area contributed by atoms with Crippen LogP contribution in [0, 0.1) is 16.7 Å². The summed E-state index contributed by atoms with van der Waals surface area (Å²) in [5.41, 5.74) is 1.74. The van der Waals surface area contributed by atoms with Crippen LogP contribution < -0.4 is 0 Å². The molecule has 196 valence electrons. The maximum atomic E-state index is 12.2. The van der Waals surface area contributed by atoms with E-state index in [-0.39, 0.29) is 22.3 Å². The lowest BCUT2D eigenvalue weighted by Gasteiger charge is -2.45. The van der Waals surface area contributed by atoms with E-state index in [4.69, 9.17) is 4.98 Å². The number of aromatic nitrogens is 1. The van der Waals surface area contributed by atoms with Gasteiger partial charge in [-0.25, -0.2) is 4.98 Å². The van der Waals surface area contributed by atoms with Crippen molar-refractivity contribution in [3.8, 4) is 33.9 Å². The molecule has 4 aromatic carbocycles. The van der Waals surface area contributed by atoms with E-state index in [1.807, 2.05) is 78.9 Å². The van der Waals surface area contributed by atoms with Gasteiger partial charge in [0.25, 0.3) is 0 Å². The highest BCUT2D eigenvalue weighted by Crippen LogP contribution is 2.72. The third-order valence-electron chi connectivity index (χ3n) is 10.5. The van der Waals surface area contributed by atoms with E-state index in [1.54, 1.807) is 6.07 Å². The Morgan fingerprint density at radius 3 is 2.15 bits per heavy atom. The van der Waals surface area contributed by atoms with Crippen LogP contribution in [0.25, 0.3) is 43.9 Å². The topological polar surface area (TPSA) is 73.6 Å². The SMILES string of the molecule is CC1(C)[C@@H]2CC[C@@]1(C)[C@@](O)(c1cccc(-c3cc4ccccc4c(-c4c(O)ccc5ccccc45)c3O)n1)C2. The maximum Gasteiger partial charge on any atom is 0.133 e. The van der Waals surface area contributed by atoms with Crippen molar-refractivity contribution in [3.63, 3.8) is 0 Å². The Kier molecular flexibility index (Phi) is 5.00. The van der Waals surface area contributed by atoms with Gasteiger partial charge in [-0.3, -0.25) is 0 Å². The van der Waals surface area contributed by atoms with Gasteiger partial charge in [0.05, 0.1) is 11.4 Å². The van der Waals surface area contributed by atoms with Gasteiger partial charge in [-0.15, -0.1) is 0 Å². The number of phenolic OH excluding ortho intramolecular Hbond substituents is 2. The summed E-state index contributed by atoms with van der Waals surface area (Å²) in [5.74, 6) is 0.629. The first-order valence-corrected chi connectivity index (χ1v) is 13.8. The third-order valence-corrected chi connectivity index (χ3v) is 10.5. The molecule has 0 spiro atoms. The lowest BCUT2D eigenvalue weighted by Crippen LogP contribution is -2.45. The van der Waals surface area contributed by atoms with Crippen LogP contribution in [0.15, 0.2) is 84.9 Å². The number of aromatic hydroxyl groups is 2. The maximum absolute atomic E-state index is 12.2. The summed E-state index contributed by atoms with van der Waals surface area (Å²) in [6, 6.07) is 27.1.